The molecule has 6 nitrogen and oxygen atoms in total. The van der Waals surface area contributed by atoms with Gasteiger partial charge in [0.1, 0.15) is 5.52 Å². The quantitative estimate of drug-likeness (QED) is 0.584. The fraction of sp³-hybridized carbons (Fsp3) is 0. The number of carboxylic acid groups (broad SMARTS) is 1. The van der Waals surface area contributed by atoms with Crippen LogP contribution in [-0.4, -0.2) is 31.0 Å². The van der Waals surface area contributed by atoms with Crippen molar-refractivity contribution in [3.8, 4) is 0 Å². The van der Waals surface area contributed by atoms with E-state index in [1.807, 2.05) is 0 Å². The van der Waals surface area contributed by atoms with Crippen LogP contribution in [0.4, 0.5) is 0 Å². The van der Waals surface area contributed by atoms with E-state index >= 15 is 0 Å². The van der Waals surface area contributed by atoms with Gasteiger partial charge in [0.25, 0.3) is 0 Å². The maximum absolute atomic E-state index is 10.5. The maximum atomic E-state index is 10.5. The molecule has 0 amide bonds. The van der Waals surface area contributed by atoms with Crippen LogP contribution in [0.1, 0.15) is 10.6 Å². The third-order valence-corrected chi connectivity index (χ3v) is 1.68. The standard InChI is InChI=1S/C6H4N4O2S/c11-5(12)4-8-2-1-7-6(13)10-3(2)9-4/h1H,(H,11,12)(H2,7,8,9,10,13). The van der Waals surface area contributed by atoms with Gasteiger partial charge in [0.05, 0.1) is 6.20 Å². The zero-order valence-electron chi connectivity index (χ0n) is 6.24. The predicted molar refractivity (Wildman–Crippen MR) is 46.0 cm³/mol. The van der Waals surface area contributed by atoms with Gasteiger partial charge in [0.2, 0.25) is 5.82 Å². The second kappa shape index (κ2) is 2.63. The Balaban J connectivity index is 2.75. The molecule has 2 rings (SSSR count). The summed E-state index contributed by atoms with van der Waals surface area (Å²) in [5.41, 5.74) is 0.920. The third-order valence-electron chi connectivity index (χ3n) is 1.47. The topological polar surface area (TPSA) is 94.7 Å². The molecule has 66 valence electrons. The minimum Gasteiger partial charge on any atom is -0.475 e. The molecule has 2 aromatic rings. The van der Waals surface area contributed by atoms with Crippen molar-refractivity contribution in [2.45, 2.75) is 0 Å². The average Bonchev–Trinajstić information content (AvgIpc) is 2.46. The van der Waals surface area contributed by atoms with Crippen molar-refractivity contribution in [2.75, 3.05) is 0 Å². The molecule has 7 heteroatoms. The minimum atomic E-state index is -1.12. The fourth-order valence-electron chi connectivity index (χ4n) is 0.933. The van der Waals surface area contributed by atoms with E-state index in [9.17, 15) is 4.79 Å². The van der Waals surface area contributed by atoms with E-state index in [1.165, 1.54) is 6.20 Å². The number of hydrogen-bond donors (Lipinski definition) is 3. The number of fused-ring (bicyclic) bond motifs is 1. The molecule has 0 unspecified atom stereocenters. The molecule has 0 atom stereocenters. The van der Waals surface area contributed by atoms with Gasteiger partial charge in [-0.1, -0.05) is 0 Å². The highest BCUT2D eigenvalue weighted by Crippen LogP contribution is 2.05. The molecule has 0 saturated carbocycles. The minimum absolute atomic E-state index is 0.131. The third kappa shape index (κ3) is 1.29. The molecule has 0 aromatic carbocycles. The monoisotopic (exact) mass is 196 g/mol. The van der Waals surface area contributed by atoms with Gasteiger partial charge in [0, 0.05) is 0 Å². The van der Waals surface area contributed by atoms with Crippen LogP contribution in [0.3, 0.4) is 0 Å². The highest BCUT2D eigenvalue weighted by Gasteiger charge is 2.08. The summed E-state index contributed by atoms with van der Waals surface area (Å²) in [6.45, 7) is 0. The van der Waals surface area contributed by atoms with Crippen LogP contribution < -0.4 is 0 Å². The Morgan fingerprint density at radius 3 is 3.00 bits per heavy atom. The molecule has 13 heavy (non-hydrogen) atoms. The summed E-state index contributed by atoms with van der Waals surface area (Å²) >= 11 is 4.75. The van der Waals surface area contributed by atoms with E-state index in [4.69, 9.17) is 17.3 Å². The number of rotatable bonds is 1. The molecule has 2 heterocycles. The van der Waals surface area contributed by atoms with Crippen LogP contribution >= 0.6 is 12.2 Å². The van der Waals surface area contributed by atoms with Crippen molar-refractivity contribution in [1.82, 2.24) is 19.9 Å². The average molecular weight is 196 g/mol. The summed E-state index contributed by atoms with van der Waals surface area (Å²) in [7, 11) is 0. The van der Waals surface area contributed by atoms with E-state index in [1.54, 1.807) is 0 Å². The molecule has 0 spiro atoms. The molecule has 0 aliphatic rings. The Hall–Kier alpha value is -1.76. The van der Waals surface area contributed by atoms with Gasteiger partial charge in [-0.05, 0) is 12.2 Å². The van der Waals surface area contributed by atoms with Crippen molar-refractivity contribution >= 4 is 29.4 Å². The first-order chi connectivity index (χ1) is 6.16. The van der Waals surface area contributed by atoms with Gasteiger partial charge in [-0.2, -0.15) is 0 Å². The number of carboxylic acids is 1. The van der Waals surface area contributed by atoms with Crippen molar-refractivity contribution in [1.29, 1.82) is 0 Å². The summed E-state index contributed by atoms with van der Waals surface area (Å²) in [6, 6.07) is 0. The molecule has 0 aliphatic heterocycles. The summed E-state index contributed by atoms with van der Waals surface area (Å²) in [6.07, 6.45) is 1.44. The zero-order valence-corrected chi connectivity index (χ0v) is 7.05. The Labute approximate surface area is 76.7 Å². The number of aromatic amines is 2. The smallest absolute Gasteiger partial charge is 0.371 e. The number of nitrogens with one attached hydrogen (secondary N) is 2. The Morgan fingerprint density at radius 2 is 2.31 bits per heavy atom. The van der Waals surface area contributed by atoms with Crippen molar-refractivity contribution in [2.24, 2.45) is 0 Å². The first-order valence-electron chi connectivity index (χ1n) is 3.35. The molecular weight excluding hydrogens is 192 g/mol. The van der Waals surface area contributed by atoms with Gasteiger partial charge in [0.15, 0.2) is 10.4 Å². The Bertz CT molecular complexity index is 529. The van der Waals surface area contributed by atoms with Crippen LogP contribution in [0, 0.1) is 4.77 Å². The molecule has 0 aliphatic carbocycles. The van der Waals surface area contributed by atoms with Crippen LogP contribution in [0.2, 0.25) is 0 Å². The highest BCUT2D eigenvalue weighted by atomic mass is 32.1. The first-order valence-corrected chi connectivity index (χ1v) is 3.76. The van der Waals surface area contributed by atoms with Crippen LogP contribution in [0.5, 0.6) is 0 Å². The van der Waals surface area contributed by atoms with Gasteiger partial charge < -0.3 is 15.1 Å². The van der Waals surface area contributed by atoms with Crippen molar-refractivity contribution < 1.29 is 9.90 Å². The summed E-state index contributed by atoms with van der Waals surface area (Å²) in [5, 5.41) is 8.60. The number of nitrogens with zero attached hydrogens (tertiary/aromatic N) is 2. The lowest BCUT2D eigenvalue weighted by Crippen LogP contribution is -1.97. The maximum Gasteiger partial charge on any atom is 0.371 e. The second-order valence-electron chi connectivity index (χ2n) is 2.34. The predicted octanol–water partition coefficient (Wildman–Crippen LogP) is 0.714. The van der Waals surface area contributed by atoms with E-state index in [2.05, 4.69) is 19.9 Å². The molecule has 2 aromatic heterocycles. The van der Waals surface area contributed by atoms with Gasteiger partial charge in [-0.25, -0.2) is 14.8 Å². The highest BCUT2D eigenvalue weighted by molar-refractivity contribution is 7.71. The Kier molecular flexibility index (Phi) is 1.59. The SMILES string of the molecule is O=C(O)c1nc2[nH]c(=S)ncc2[nH]1. The number of H-pyrrole nitrogens is 2. The van der Waals surface area contributed by atoms with Gasteiger partial charge >= 0.3 is 5.97 Å². The molecule has 0 bridgehead atoms. The largest absolute Gasteiger partial charge is 0.475 e. The normalized spacial score (nSPS) is 10.5. The number of hydrogen-bond acceptors (Lipinski definition) is 4. The van der Waals surface area contributed by atoms with Crippen LogP contribution in [0.25, 0.3) is 11.2 Å². The van der Waals surface area contributed by atoms with Gasteiger partial charge in [-0.15, -0.1) is 0 Å². The molecular formula is C6H4N4O2S. The lowest BCUT2D eigenvalue weighted by Gasteiger charge is -1.84. The number of imidazole rings is 1. The van der Waals surface area contributed by atoms with Crippen LogP contribution in [-0.2, 0) is 0 Å². The zero-order chi connectivity index (χ0) is 9.42. The first kappa shape index (κ1) is 7.87. The molecule has 0 saturated heterocycles. The molecule has 3 N–H and O–H groups in total. The summed E-state index contributed by atoms with van der Waals surface area (Å²) in [5.74, 6) is -1.25. The summed E-state index contributed by atoms with van der Waals surface area (Å²) in [4.78, 5) is 23.3. The summed E-state index contributed by atoms with van der Waals surface area (Å²) < 4.78 is 0.274. The lowest BCUT2D eigenvalue weighted by molar-refractivity contribution is 0.0685. The van der Waals surface area contributed by atoms with Crippen molar-refractivity contribution in [3.05, 3.63) is 16.8 Å². The fourth-order valence-corrected chi connectivity index (χ4v) is 1.08. The van der Waals surface area contributed by atoms with E-state index in [0.29, 0.717) is 11.2 Å². The van der Waals surface area contributed by atoms with Gasteiger partial charge in [-0.3, -0.25) is 0 Å². The van der Waals surface area contributed by atoms with E-state index in [0.717, 1.165) is 0 Å². The number of aromatic carboxylic acids is 1. The van der Waals surface area contributed by atoms with E-state index < -0.39 is 5.97 Å². The number of carbonyl (C=O) groups is 1. The van der Waals surface area contributed by atoms with Crippen LogP contribution in [0.15, 0.2) is 6.20 Å². The van der Waals surface area contributed by atoms with Crippen molar-refractivity contribution in [3.63, 3.8) is 0 Å². The number of aromatic nitrogens is 4. The Morgan fingerprint density at radius 1 is 1.54 bits per heavy atom. The second-order valence-corrected chi connectivity index (χ2v) is 2.73. The molecule has 0 radical (unpaired) electrons. The lowest BCUT2D eigenvalue weighted by atomic mass is 10.6. The van der Waals surface area contributed by atoms with E-state index in [-0.39, 0.29) is 10.6 Å². The molecule has 0 fully saturated rings.